The first kappa shape index (κ1) is 52.0. The van der Waals surface area contributed by atoms with E-state index in [1.54, 1.807) is 6.08 Å². The molecule has 0 aromatic carbocycles. The number of aliphatic hydroxyl groups is 1. The third-order valence-electron chi connectivity index (χ3n) is 9.92. The van der Waals surface area contributed by atoms with Crippen LogP contribution in [-0.4, -0.2) is 73.4 Å². The van der Waals surface area contributed by atoms with Crippen molar-refractivity contribution in [1.29, 1.82) is 0 Å². The van der Waals surface area contributed by atoms with Gasteiger partial charge in [-0.1, -0.05) is 186 Å². The molecule has 3 unspecified atom stereocenters. The predicted octanol–water partition coefficient (Wildman–Crippen LogP) is 12.1. The largest absolute Gasteiger partial charge is 0.472 e. The lowest BCUT2D eigenvalue weighted by Crippen LogP contribution is -2.45. The fourth-order valence-electron chi connectivity index (χ4n) is 6.35. The van der Waals surface area contributed by atoms with Crippen LogP contribution in [0, 0.1) is 0 Å². The van der Waals surface area contributed by atoms with Gasteiger partial charge in [-0.25, -0.2) is 4.57 Å². The number of amides is 1. The van der Waals surface area contributed by atoms with Gasteiger partial charge >= 0.3 is 7.82 Å². The van der Waals surface area contributed by atoms with Crippen molar-refractivity contribution in [2.75, 3.05) is 40.9 Å². The summed E-state index contributed by atoms with van der Waals surface area (Å²) < 4.78 is 23.5. The smallest absolute Gasteiger partial charge is 0.387 e. The van der Waals surface area contributed by atoms with Crippen LogP contribution in [0.3, 0.4) is 0 Å². The zero-order valence-corrected chi connectivity index (χ0v) is 36.4. The second kappa shape index (κ2) is 36.6. The normalized spacial score (nSPS) is 14.6. The third kappa shape index (κ3) is 39.0. The Hall–Kier alpha value is -1.02. The molecular weight excluding hydrogens is 683 g/mol. The van der Waals surface area contributed by atoms with E-state index in [1.807, 2.05) is 27.2 Å². The molecule has 0 aliphatic heterocycles. The Morgan fingerprint density at radius 3 is 1.51 bits per heavy atom. The van der Waals surface area contributed by atoms with Gasteiger partial charge in [-0.15, -0.1) is 0 Å². The Morgan fingerprint density at radius 1 is 0.623 bits per heavy atom. The molecule has 0 rings (SSSR count). The van der Waals surface area contributed by atoms with Gasteiger partial charge in [0.2, 0.25) is 5.91 Å². The van der Waals surface area contributed by atoms with Crippen LogP contribution in [0.1, 0.15) is 200 Å². The quantitative estimate of drug-likeness (QED) is 0.0248. The summed E-state index contributed by atoms with van der Waals surface area (Å²) in [7, 11) is 1.56. The Bertz CT molecular complexity index is 922. The standard InChI is InChI=1S/C44H87N2O6P/c1-6-8-10-12-14-16-18-20-22-23-24-25-27-29-31-33-35-37-43(47)42(41-52-53(49,50)51-40-39-46(3,4)5)45-44(48)38-36-34-32-30-28-26-21-19-17-15-13-11-9-7-2/h27,29,35,37,42-43,47H,6-26,28,30-34,36,38-41H2,1-5H3,(H-,45,48,49,50)/p+1/b29-27+,37-35+. The SMILES string of the molecule is CCCCCCCCCCCCC/C=C/CC/C=C/C(O)C(COP(=O)(O)OCC[N+](C)(C)C)NC(=O)CCCCCCCCCCCCCCCC. The van der Waals surface area contributed by atoms with E-state index in [1.165, 1.54) is 141 Å². The van der Waals surface area contributed by atoms with Crippen molar-refractivity contribution >= 4 is 13.7 Å². The number of phosphoric acid groups is 1. The van der Waals surface area contributed by atoms with E-state index in [9.17, 15) is 19.4 Å². The molecule has 0 bridgehead atoms. The number of nitrogens with one attached hydrogen (secondary N) is 1. The molecule has 0 aromatic heterocycles. The zero-order valence-electron chi connectivity index (χ0n) is 35.5. The second-order valence-corrected chi connectivity index (χ2v) is 17.9. The molecule has 0 heterocycles. The second-order valence-electron chi connectivity index (χ2n) is 16.4. The van der Waals surface area contributed by atoms with Gasteiger partial charge in [0.15, 0.2) is 0 Å². The van der Waals surface area contributed by atoms with Gasteiger partial charge in [0, 0.05) is 6.42 Å². The van der Waals surface area contributed by atoms with Crippen molar-refractivity contribution in [1.82, 2.24) is 5.32 Å². The highest BCUT2D eigenvalue weighted by molar-refractivity contribution is 7.47. The number of hydrogen-bond donors (Lipinski definition) is 3. The molecular formula is C44H88N2O6P+. The van der Waals surface area contributed by atoms with Gasteiger partial charge in [0.1, 0.15) is 13.2 Å². The summed E-state index contributed by atoms with van der Waals surface area (Å²) in [5.74, 6) is -0.186. The van der Waals surface area contributed by atoms with Gasteiger partial charge < -0.3 is 19.8 Å². The van der Waals surface area contributed by atoms with Gasteiger partial charge in [-0.3, -0.25) is 13.8 Å². The summed E-state index contributed by atoms with van der Waals surface area (Å²) >= 11 is 0. The lowest BCUT2D eigenvalue weighted by atomic mass is 10.0. The highest BCUT2D eigenvalue weighted by atomic mass is 31.2. The topological polar surface area (TPSA) is 105 Å². The molecule has 1 amide bonds. The summed E-state index contributed by atoms with van der Waals surface area (Å²) in [6, 6.07) is -0.857. The Morgan fingerprint density at radius 2 is 1.04 bits per heavy atom. The van der Waals surface area contributed by atoms with Crippen LogP contribution < -0.4 is 5.32 Å². The number of carbonyl (C=O) groups is 1. The number of rotatable bonds is 40. The van der Waals surface area contributed by atoms with Crippen molar-refractivity contribution in [2.45, 2.75) is 212 Å². The average Bonchev–Trinajstić information content (AvgIpc) is 3.10. The Kier molecular flexibility index (Phi) is 35.9. The van der Waals surface area contributed by atoms with E-state index < -0.39 is 20.0 Å². The number of allylic oxidation sites excluding steroid dienone is 3. The first-order chi connectivity index (χ1) is 25.5. The molecule has 9 heteroatoms. The Balaban J connectivity index is 4.47. The van der Waals surface area contributed by atoms with Crippen LogP contribution in [0.25, 0.3) is 0 Å². The van der Waals surface area contributed by atoms with Gasteiger partial charge in [0.25, 0.3) is 0 Å². The van der Waals surface area contributed by atoms with E-state index in [2.05, 4.69) is 31.3 Å². The maximum atomic E-state index is 12.8. The molecule has 314 valence electrons. The van der Waals surface area contributed by atoms with E-state index in [0.717, 1.165) is 38.5 Å². The van der Waals surface area contributed by atoms with Crippen molar-refractivity contribution in [3.63, 3.8) is 0 Å². The number of carbonyl (C=O) groups excluding carboxylic acids is 1. The summed E-state index contributed by atoms with van der Waals surface area (Å²) in [4.78, 5) is 23.1. The van der Waals surface area contributed by atoms with E-state index in [0.29, 0.717) is 17.4 Å². The fraction of sp³-hybridized carbons (Fsp3) is 0.886. The number of quaternary nitrogens is 1. The van der Waals surface area contributed by atoms with Crippen LogP contribution in [0.15, 0.2) is 24.3 Å². The summed E-state index contributed by atoms with van der Waals surface area (Å²) in [6.45, 7) is 4.80. The predicted molar refractivity (Wildman–Crippen MR) is 226 cm³/mol. The first-order valence-electron chi connectivity index (χ1n) is 22.2. The van der Waals surface area contributed by atoms with Crippen molar-refractivity contribution < 1.29 is 32.9 Å². The molecule has 0 saturated carbocycles. The lowest BCUT2D eigenvalue weighted by molar-refractivity contribution is -0.870. The number of nitrogens with zero attached hydrogens (tertiary/aromatic N) is 1. The molecule has 3 atom stereocenters. The number of likely N-dealkylation sites (N-methyl/N-ethyl adjacent to an activating group) is 1. The fourth-order valence-corrected chi connectivity index (χ4v) is 7.09. The molecule has 0 aliphatic rings. The van der Waals surface area contributed by atoms with E-state index in [-0.39, 0.29) is 19.1 Å². The van der Waals surface area contributed by atoms with Gasteiger partial charge in [0.05, 0.1) is 39.9 Å². The van der Waals surface area contributed by atoms with E-state index in [4.69, 9.17) is 9.05 Å². The van der Waals surface area contributed by atoms with Crippen LogP contribution in [-0.2, 0) is 18.4 Å². The third-order valence-corrected chi connectivity index (χ3v) is 10.9. The highest BCUT2D eigenvalue weighted by Crippen LogP contribution is 2.43. The molecule has 0 saturated heterocycles. The highest BCUT2D eigenvalue weighted by Gasteiger charge is 2.27. The molecule has 3 N–H and O–H groups in total. The van der Waals surface area contributed by atoms with E-state index >= 15 is 0 Å². The molecule has 0 aromatic rings. The maximum Gasteiger partial charge on any atom is 0.472 e. The molecule has 0 radical (unpaired) electrons. The first-order valence-corrected chi connectivity index (χ1v) is 23.7. The number of hydrogen-bond acceptors (Lipinski definition) is 5. The zero-order chi connectivity index (χ0) is 39.3. The van der Waals surface area contributed by atoms with Crippen molar-refractivity contribution in [2.24, 2.45) is 0 Å². The summed E-state index contributed by atoms with van der Waals surface area (Å²) in [5.41, 5.74) is 0. The summed E-state index contributed by atoms with van der Waals surface area (Å²) in [6.07, 6.45) is 42.4. The van der Waals surface area contributed by atoms with Gasteiger partial charge in [-0.05, 0) is 32.1 Å². The minimum absolute atomic E-state index is 0.0582. The maximum absolute atomic E-state index is 12.8. The Labute approximate surface area is 328 Å². The number of phosphoric ester groups is 1. The van der Waals surface area contributed by atoms with Crippen LogP contribution in [0.4, 0.5) is 0 Å². The van der Waals surface area contributed by atoms with Crippen LogP contribution in [0.2, 0.25) is 0 Å². The number of unbranched alkanes of at least 4 members (excludes halogenated alkanes) is 25. The lowest BCUT2D eigenvalue weighted by Gasteiger charge is -2.25. The monoisotopic (exact) mass is 772 g/mol. The minimum atomic E-state index is -4.34. The van der Waals surface area contributed by atoms with Crippen LogP contribution in [0.5, 0.6) is 0 Å². The van der Waals surface area contributed by atoms with Crippen LogP contribution >= 0.6 is 7.82 Å². The molecule has 0 aliphatic carbocycles. The summed E-state index contributed by atoms with van der Waals surface area (Å²) in [5, 5.41) is 13.8. The van der Waals surface area contributed by atoms with Crippen molar-refractivity contribution in [3.05, 3.63) is 24.3 Å². The van der Waals surface area contributed by atoms with Gasteiger partial charge in [-0.2, -0.15) is 0 Å². The molecule has 8 nitrogen and oxygen atoms in total. The van der Waals surface area contributed by atoms with Crippen molar-refractivity contribution in [3.8, 4) is 0 Å². The number of aliphatic hydroxyl groups excluding tert-OH is 1. The minimum Gasteiger partial charge on any atom is -0.387 e. The molecule has 0 spiro atoms. The molecule has 0 fully saturated rings. The molecule has 53 heavy (non-hydrogen) atoms. The average molecular weight is 772 g/mol.